The molecule has 4 rings (SSSR count). The Balaban J connectivity index is 1.74. The highest BCUT2D eigenvalue weighted by Gasteiger charge is 2.61. The number of aromatic nitrogens is 5. The number of hydrogen-bond donors (Lipinski definition) is 7. The van der Waals surface area contributed by atoms with Gasteiger partial charge < -0.3 is 40.7 Å². The van der Waals surface area contributed by atoms with Crippen LogP contribution in [0.15, 0.2) is 22.0 Å². The van der Waals surface area contributed by atoms with Gasteiger partial charge in [0, 0.05) is 5.69 Å². The van der Waals surface area contributed by atoms with E-state index in [0.29, 0.717) is 5.69 Å². The fraction of sp³-hybridized carbons (Fsp3) is 0.593. The summed E-state index contributed by atoms with van der Waals surface area (Å²) in [6, 6.07) is 1.42. The lowest BCUT2D eigenvalue weighted by Crippen LogP contribution is -2.50. The maximum atomic E-state index is 13.1. The van der Waals surface area contributed by atoms with E-state index < -0.39 is 84.0 Å². The van der Waals surface area contributed by atoms with Crippen LogP contribution < -0.4 is 22.6 Å². The molecule has 2 fully saturated rings. The van der Waals surface area contributed by atoms with Crippen molar-refractivity contribution in [2.24, 2.45) is 5.92 Å². The Morgan fingerprint density at radius 2 is 1.73 bits per heavy atom. The second-order valence-corrected chi connectivity index (χ2v) is 10.5. The van der Waals surface area contributed by atoms with Crippen molar-refractivity contribution >= 4 is 11.8 Å². The Morgan fingerprint density at radius 3 is 2.27 bits per heavy atom. The molecule has 3 unspecified atom stereocenters. The first-order valence-corrected chi connectivity index (χ1v) is 13.6. The molecule has 0 saturated carbocycles. The number of aliphatic hydroxyl groups is 5. The van der Waals surface area contributed by atoms with Gasteiger partial charge in [0.15, 0.2) is 18.1 Å². The van der Waals surface area contributed by atoms with E-state index in [9.17, 15) is 35.1 Å². The Kier molecular flexibility index (Phi) is 9.45. The van der Waals surface area contributed by atoms with Crippen LogP contribution in [0.2, 0.25) is 0 Å². The summed E-state index contributed by atoms with van der Waals surface area (Å²) in [6.45, 7) is 6.63. The van der Waals surface area contributed by atoms with E-state index in [0.717, 1.165) is 15.5 Å². The fourth-order valence-corrected chi connectivity index (χ4v) is 5.53. The highest BCUT2D eigenvalue weighted by atomic mass is 16.7. The number of hydrogen-bond acceptors (Lipinski definition) is 15. The third-order valence-corrected chi connectivity index (χ3v) is 7.51. The van der Waals surface area contributed by atoms with E-state index in [-0.39, 0.29) is 5.82 Å². The van der Waals surface area contributed by atoms with E-state index in [1.807, 2.05) is 0 Å². The molecule has 8 N–H and O–H groups in total. The summed E-state index contributed by atoms with van der Waals surface area (Å²) in [5, 5.41) is 52.7. The molecular weight excluding hydrogens is 582 g/mol. The monoisotopic (exact) mass is 617 g/mol. The van der Waals surface area contributed by atoms with Crippen LogP contribution >= 0.6 is 0 Å². The summed E-state index contributed by atoms with van der Waals surface area (Å²) in [5.41, 5.74) is 2.49. The predicted molar refractivity (Wildman–Crippen MR) is 151 cm³/mol. The van der Waals surface area contributed by atoms with Crippen LogP contribution in [-0.4, -0.2) is 97.9 Å². The summed E-state index contributed by atoms with van der Waals surface area (Å²) in [6.07, 6.45) is -8.41. The molecule has 17 heteroatoms. The average Bonchev–Trinajstić information content (AvgIpc) is 3.39. The molecule has 4 heterocycles. The number of rotatable bonds is 8. The third-order valence-electron chi connectivity index (χ3n) is 7.51. The third kappa shape index (κ3) is 5.56. The molecule has 2 aromatic rings. The molecule has 238 valence electrons. The minimum absolute atomic E-state index is 0.0388. The van der Waals surface area contributed by atoms with Gasteiger partial charge in [-0.15, -0.1) is 11.8 Å². The van der Waals surface area contributed by atoms with Crippen LogP contribution in [0.3, 0.4) is 0 Å². The summed E-state index contributed by atoms with van der Waals surface area (Å²) < 4.78 is 13.6. The van der Waals surface area contributed by atoms with Gasteiger partial charge in [0.05, 0.1) is 30.8 Å². The lowest BCUT2D eigenvalue weighted by atomic mass is 9.83. The van der Waals surface area contributed by atoms with Gasteiger partial charge in [-0.2, -0.15) is 9.97 Å². The van der Waals surface area contributed by atoms with Crippen molar-refractivity contribution in [1.82, 2.24) is 24.1 Å². The average molecular weight is 618 g/mol. The van der Waals surface area contributed by atoms with Gasteiger partial charge in [-0.3, -0.25) is 9.13 Å². The number of nitrogen functional groups attached to an aromatic ring is 1. The summed E-state index contributed by atoms with van der Waals surface area (Å²) >= 11 is 0. The van der Waals surface area contributed by atoms with Crippen molar-refractivity contribution in [2.45, 2.75) is 88.8 Å². The van der Waals surface area contributed by atoms with Crippen LogP contribution in [-0.2, 0) is 14.3 Å². The van der Waals surface area contributed by atoms with E-state index in [4.69, 9.17) is 20.0 Å². The lowest BCUT2D eigenvalue weighted by Gasteiger charge is -2.34. The zero-order valence-corrected chi connectivity index (χ0v) is 24.6. The van der Waals surface area contributed by atoms with Crippen molar-refractivity contribution in [3.05, 3.63) is 39.1 Å². The van der Waals surface area contributed by atoms with Gasteiger partial charge in [-0.1, -0.05) is 11.8 Å². The van der Waals surface area contributed by atoms with Crippen LogP contribution in [0.5, 0.6) is 0 Å². The molecule has 0 aliphatic carbocycles. The largest absolute Gasteiger partial charge is 0.396 e. The van der Waals surface area contributed by atoms with Crippen molar-refractivity contribution in [2.75, 3.05) is 17.8 Å². The smallest absolute Gasteiger partial charge is 0.354 e. The molecule has 2 aromatic heterocycles. The molecule has 44 heavy (non-hydrogen) atoms. The van der Waals surface area contributed by atoms with Gasteiger partial charge >= 0.3 is 11.4 Å². The number of nitrogens with one attached hydrogen (secondary N) is 1. The topological polar surface area (TPSA) is 250 Å². The quantitative estimate of drug-likeness (QED) is 0.116. The highest BCUT2D eigenvalue weighted by Crippen LogP contribution is 2.46. The molecule has 0 bridgehead atoms. The van der Waals surface area contributed by atoms with Gasteiger partial charge in [0.25, 0.3) is 5.95 Å². The first kappa shape index (κ1) is 33.0. The Bertz CT molecular complexity index is 1620. The van der Waals surface area contributed by atoms with Crippen LogP contribution in [0.4, 0.5) is 11.8 Å². The molecule has 0 aromatic carbocycles. The lowest BCUT2D eigenvalue weighted by molar-refractivity contribution is -0.101. The van der Waals surface area contributed by atoms with E-state index in [2.05, 4.69) is 44.1 Å². The minimum Gasteiger partial charge on any atom is -0.396 e. The predicted octanol–water partition coefficient (Wildman–Crippen LogP) is -2.83. The van der Waals surface area contributed by atoms with Gasteiger partial charge in [-0.25, -0.2) is 24.9 Å². The Labute approximate surface area is 251 Å². The van der Waals surface area contributed by atoms with E-state index >= 15 is 0 Å². The molecule has 0 radical (unpaired) electrons. The molecule has 17 nitrogen and oxygen atoms in total. The van der Waals surface area contributed by atoms with Crippen LogP contribution in [0.25, 0.3) is 0 Å². The van der Waals surface area contributed by atoms with Crippen molar-refractivity contribution in [3.63, 3.8) is 0 Å². The van der Waals surface area contributed by atoms with Gasteiger partial charge in [-0.05, 0) is 40.7 Å². The summed E-state index contributed by atoms with van der Waals surface area (Å²) in [7, 11) is 0. The number of nitrogens with two attached hydrogens (primary N) is 1. The first-order valence-electron chi connectivity index (χ1n) is 13.6. The van der Waals surface area contributed by atoms with Crippen molar-refractivity contribution < 1.29 is 39.8 Å². The molecular formula is C27H35N7O10. The van der Waals surface area contributed by atoms with E-state index in [1.54, 1.807) is 6.92 Å². The first-order chi connectivity index (χ1) is 20.7. The van der Waals surface area contributed by atoms with Crippen LogP contribution in [0.1, 0.15) is 45.8 Å². The number of anilines is 2. The molecule has 2 aliphatic rings. The van der Waals surface area contributed by atoms with Crippen LogP contribution in [0, 0.1) is 36.5 Å². The summed E-state index contributed by atoms with van der Waals surface area (Å²) in [4.78, 5) is 43.7. The normalized spacial score (nSPS) is 32.7. The van der Waals surface area contributed by atoms with Crippen molar-refractivity contribution in [3.8, 4) is 23.7 Å². The SMILES string of the molecule is CC#CC1(ONc2ncn([C@@H]3O[C@H]([C@@H](C)O)[C@H](O)C3(O)C#CC)c(=O)n2)C(CO)[C@@H]([C@H](C)O)O[C@H]1n1c(C)cc(N)nc1=O. The molecule has 2 saturated heterocycles. The fourth-order valence-electron chi connectivity index (χ4n) is 5.53. The second-order valence-electron chi connectivity index (χ2n) is 10.5. The van der Waals surface area contributed by atoms with Gasteiger partial charge in [0.2, 0.25) is 5.60 Å². The maximum absolute atomic E-state index is 13.1. The second kappa shape index (κ2) is 12.6. The standard InChI is InChI=1S/C27H35N7O10/c1-6-8-26(41)20(38)19(15(5)37)43-21(26)33-12-29-23(31-24(33)39)32-44-27(9-7-2)16(11-35)18(14(4)36)42-22(27)34-13(3)10-17(28)30-25(34)40/h10,12,14-16,18-22,35-38,41H,11H2,1-5H3,(H2,28,30,40)(H,31,32,39)/t14-,15+,16?,18+,19+,20-,21+,22+,26?,27?/m0/s1. The van der Waals surface area contributed by atoms with Gasteiger partial charge in [0.1, 0.15) is 24.4 Å². The number of aryl methyl sites for hydroxylation is 1. The zero-order chi connectivity index (χ0) is 32.6. The van der Waals surface area contributed by atoms with E-state index in [1.165, 1.54) is 33.8 Å². The number of ether oxygens (including phenoxy) is 2. The Morgan fingerprint density at radius 1 is 1.09 bits per heavy atom. The number of aliphatic hydroxyl groups excluding tert-OH is 4. The molecule has 0 amide bonds. The summed E-state index contributed by atoms with van der Waals surface area (Å²) in [5.74, 6) is 8.96. The maximum Gasteiger partial charge on any atom is 0.354 e. The Hall–Kier alpha value is -3.91. The zero-order valence-electron chi connectivity index (χ0n) is 24.6. The molecule has 0 spiro atoms. The number of nitrogens with zero attached hydrogens (tertiary/aromatic N) is 5. The molecule has 10 atom stereocenters. The van der Waals surface area contributed by atoms with Crippen molar-refractivity contribution in [1.29, 1.82) is 0 Å². The highest BCUT2D eigenvalue weighted by molar-refractivity contribution is 5.31. The minimum atomic E-state index is -2.28. The molecule has 2 aliphatic heterocycles.